The second-order valence-corrected chi connectivity index (χ2v) is 6.10. The van der Waals surface area contributed by atoms with Gasteiger partial charge in [-0.25, -0.2) is 0 Å². The molecule has 0 saturated carbocycles. The topological polar surface area (TPSA) is 101 Å². The SMILES string of the molecule is Cc1c(NC(=O)c2cc(-c3ccncc3)n[nH]2)cccc1-c1nncn1C. The summed E-state index contributed by atoms with van der Waals surface area (Å²) < 4.78 is 1.84. The van der Waals surface area contributed by atoms with Crippen LogP contribution in [-0.4, -0.2) is 35.9 Å². The molecule has 8 heteroatoms. The standard InChI is InChI=1S/C19H17N7O/c1-12-14(18-25-21-11-26(18)2)4-3-5-15(12)22-19(27)17-10-16(23-24-17)13-6-8-20-9-7-13/h3-11H,1-2H3,(H,22,27)(H,23,24). The largest absolute Gasteiger partial charge is 0.320 e. The highest BCUT2D eigenvalue weighted by atomic mass is 16.1. The summed E-state index contributed by atoms with van der Waals surface area (Å²) >= 11 is 0. The highest BCUT2D eigenvalue weighted by molar-refractivity contribution is 6.04. The molecule has 0 spiro atoms. The molecule has 2 N–H and O–H groups in total. The predicted molar refractivity (Wildman–Crippen MR) is 101 cm³/mol. The molecule has 0 aliphatic heterocycles. The van der Waals surface area contributed by atoms with Gasteiger partial charge in [0, 0.05) is 36.3 Å². The van der Waals surface area contributed by atoms with Crippen molar-refractivity contribution in [2.75, 3.05) is 5.32 Å². The first-order chi connectivity index (χ1) is 13.1. The average molecular weight is 359 g/mol. The number of rotatable bonds is 4. The third-order valence-corrected chi connectivity index (χ3v) is 4.33. The van der Waals surface area contributed by atoms with E-state index >= 15 is 0 Å². The van der Waals surface area contributed by atoms with Crippen molar-refractivity contribution in [2.24, 2.45) is 7.05 Å². The summed E-state index contributed by atoms with van der Waals surface area (Å²) in [5.74, 6) is 0.478. The number of nitrogens with zero attached hydrogens (tertiary/aromatic N) is 5. The van der Waals surface area contributed by atoms with Crippen molar-refractivity contribution in [3.05, 3.63) is 66.4 Å². The minimum absolute atomic E-state index is 0.263. The van der Waals surface area contributed by atoms with Crippen LogP contribution in [0.25, 0.3) is 22.6 Å². The Bertz CT molecular complexity index is 1100. The van der Waals surface area contributed by atoms with Crippen LogP contribution >= 0.6 is 0 Å². The minimum atomic E-state index is -0.263. The van der Waals surface area contributed by atoms with E-state index in [9.17, 15) is 4.79 Å². The lowest BCUT2D eigenvalue weighted by Gasteiger charge is -2.11. The molecule has 0 saturated heterocycles. The van der Waals surface area contributed by atoms with Crippen LogP contribution in [-0.2, 0) is 7.05 Å². The normalized spacial score (nSPS) is 10.7. The highest BCUT2D eigenvalue weighted by Gasteiger charge is 2.15. The van der Waals surface area contributed by atoms with E-state index in [2.05, 4.69) is 30.7 Å². The van der Waals surface area contributed by atoms with E-state index in [1.54, 1.807) is 24.8 Å². The smallest absolute Gasteiger partial charge is 0.273 e. The zero-order valence-electron chi connectivity index (χ0n) is 14.8. The van der Waals surface area contributed by atoms with Gasteiger partial charge in [-0.15, -0.1) is 10.2 Å². The number of anilines is 1. The van der Waals surface area contributed by atoms with Gasteiger partial charge in [0.15, 0.2) is 5.82 Å². The molecule has 134 valence electrons. The number of nitrogens with one attached hydrogen (secondary N) is 2. The molecule has 0 fully saturated rings. The monoisotopic (exact) mass is 359 g/mol. The van der Waals surface area contributed by atoms with Gasteiger partial charge in [0.05, 0.1) is 5.69 Å². The molecule has 0 aliphatic rings. The molecule has 1 aromatic carbocycles. The lowest BCUT2D eigenvalue weighted by Crippen LogP contribution is -2.13. The van der Waals surface area contributed by atoms with E-state index in [4.69, 9.17) is 0 Å². The van der Waals surface area contributed by atoms with Crippen molar-refractivity contribution in [1.29, 1.82) is 0 Å². The van der Waals surface area contributed by atoms with Gasteiger partial charge >= 0.3 is 0 Å². The van der Waals surface area contributed by atoms with Gasteiger partial charge in [0.25, 0.3) is 5.91 Å². The molecule has 3 aromatic heterocycles. The fraction of sp³-hybridized carbons (Fsp3) is 0.105. The number of H-pyrrole nitrogens is 1. The summed E-state index contributed by atoms with van der Waals surface area (Å²) in [7, 11) is 1.88. The summed E-state index contributed by atoms with van der Waals surface area (Å²) in [6.45, 7) is 1.94. The lowest BCUT2D eigenvalue weighted by molar-refractivity contribution is 0.102. The van der Waals surface area contributed by atoms with Crippen LogP contribution in [0.5, 0.6) is 0 Å². The van der Waals surface area contributed by atoms with Crippen molar-refractivity contribution in [3.63, 3.8) is 0 Å². The summed E-state index contributed by atoms with van der Waals surface area (Å²) in [4.78, 5) is 16.6. The molecule has 0 bridgehead atoms. The number of aromatic amines is 1. The Hall–Kier alpha value is -3.81. The first-order valence-corrected chi connectivity index (χ1v) is 8.34. The van der Waals surface area contributed by atoms with Crippen molar-refractivity contribution in [3.8, 4) is 22.6 Å². The Morgan fingerprint density at radius 1 is 1.19 bits per heavy atom. The Kier molecular flexibility index (Phi) is 4.21. The van der Waals surface area contributed by atoms with E-state index in [1.165, 1.54) is 0 Å². The molecular weight excluding hydrogens is 342 g/mol. The number of aryl methyl sites for hydroxylation is 1. The summed E-state index contributed by atoms with van der Waals surface area (Å²) in [5, 5.41) is 18.0. The molecule has 3 heterocycles. The zero-order valence-corrected chi connectivity index (χ0v) is 14.8. The van der Waals surface area contributed by atoms with E-state index in [0.717, 1.165) is 22.5 Å². The summed E-state index contributed by atoms with van der Waals surface area (Å²) in [6.07, 6.45) is 5.02. The van der Waals surface area contributed by atoms with Crippen molar-refractivity contribution < 1.29 is 4.79 Å². The number of carbonyl (C=O) groups excluding carboxylic acids is 1. The van der Waals surface area contributed by atoms with Gasteiger partial charge in [-0.2, -0.15) is 5.10 Å². The lowest BCUT2D eigenvalue weighted by atomic mass is 10.1. The molecule has 1 amide bonds. The van der Waals surface area contributed by atoms with Gasteiger partial charge < -0.3 is 9.88 Å². The van der Waals surface area contributed by atoms with Crippen LogP contribution in [0, 0.1) is 6.92 Å². The average Bonchev–Trinajstić information content (AvgIpc) is 3.34. The van der Waals surface area contributed by atoms with Crippen molar-refractivity contribution >= 4 is 11.6 Å². The number of carbonyl (C=O) groups is 1. The number of benzene rings is 1. The summed E-state index contributed by atoms with van der Waals surface area (Å²) in [5.41, 5.74) is 4.49. The fourth-order valence-corrected chi connectivity index (χ4v) is 2.84. The van der Waals surface area contributed by atoms with Gasteiger partial charge in [0.1, 0.15) is 12.0 Å². The Morgan fingerprint density at radius 2 is 2.00 bits per heavy atom. The molecular formula is C19H17N7O. The first-order valence-electron chi connectivity index (χ1n) is 8.34. The number of hydrogen-bond acceptors (Lipinski definition) is 5. The van der Waals surface area contributed by atoms with E-state index < -0.39 is 0 Å². The van der Waals surface area contributed by atoms with E-state index in [0.29, 0.717) is 17.1 Å². The molecule has 0 atom stereocenters. The molecule has 4 rings (SSSR count). The minimum Gasteiger partial charge on any atom is -0.320 e. The Labute approximate surface area is 155 Å². The molecule has 0 unspecified atom stereocenters. The van der Waals surface area contributed by atoms with E-state index in [-0.39, 0.29) is 5.91 Å². The fourth-order valence-electron chi connectivity index (χ4n) is 2.84. The molecule has 0 radical (unpaired) electrons. The number of pyridine rings is 1. The molecule has 0 aliphatic carbocycles. The Balaban J connectivity index is 1.59. The first kappa shape index (κ1) is 16.6. The third-order valence-electron chi connectivity index (χ3n) is 4.33. The van der Waals surface area contributed by atoms with Crippen LogP contribution in [0.3, 0.4) is 0 Å². The van der Waals surface area contributed by atoms with Crippen LogP contribution in [0.2, 0.25) is 0 Å². The maximum absolute atomic E-state index is 12.6. The predicted octanol–water partition coefficient (Wildman–Crippen LogP) is 2.83. The number of hydrogen-bond donors (Lipinski definition) is 2. The van der Waals surface area contributed by atoms with Crippen LogP contribution in [0.1, 0.15) is 16.1 Å². The quantitative estimate of drug-likeness (QED) is 0.583. The van der Waals surface area contributed by atoms with Gasteiger partial charge in [0.2, 0.25) is 0 Å². The molecule has 4 aromatic rings. The summed E-state index contributed by atoms with van der Waals surface area (Å²) in [6, 6.07) is 11.1. The Morgan fingerprint density at radius 3 is 2.74 bits per heavy atom. The van der Waals surface area contributed by atoms with Gasteiger partial charge in [-0.05, 0) is 36.8 Å². The highest BCUT2D eigenvalue weighted by Crippen LogP contribution is 2.27. The van der Waals surface area contributed by atoms with Gasteiger partial charge in [-0.3, -0.25) is 14.9 Å². The van der Waals surface area contributed by atoms with Gasteiger partial charge in [-0.1, -0.05) is 12.1 Å². The number of amides is 1. The van der Waals surface area contributed by atoms with Crippen LogP contribution in [0.15, 0.2) is 55.1 Å². The van der Waals surface area contributed by atoms with E-state index in [1.807, 2.05) is 48.9 Å². The molecule has 8 nitrogen and oxygen atoms in total. The maximum Gasteiger partial charge on any atom is 0.273 e. The molecule has 27 heavy (non-hydrogen) atoms. The number of aromatic nitrogens is 6. The van der Waals surface area contributed by atoms with Crippen LogP contribution < -0.4 is 5.32 Å². The van der Waals surface area contributed by atoms with Crippen LogP contribution in [0.4, 0.5) is 5.69 Å². The second kappa shape index (κ2) is 6.83. The second-order valence-electron chi connectivity index (χ2n) is 6.10. The third kappa shape index (κ3) is 3.20. The maximum atomic E-state index is 12.6. The van der Waals surface area contributed by atoms with Crippen molar-refractivity contribution in [1.82, 2.24) is 29.9 Å². The zero-order chi connectivity index (χ0) is 18.8. The van der Waals surface area contributed by atoms with Crippen molar-refractivity contribution in [2.45, 2.75) is 6.92 Å².